The van der Waals surface area contributed by atoms with E-state index in [1.165, 1.54) is 0 Å². The van der Waals surface area contributed by atoms with E-state index in [0.29, 0.717) is 6.54 Å². The van der Waals surface area contributed by atoms with E-state index in [4.69, 9.17) is 10.2 Å². The van der Waals surface area contributed by atoms with Crippen LogP contribution in [0, 0.1) is 0 Å². The Bertz CT molecular complexity index is 138. The van der Waals surface area contributed by atoms with Gasteiger partial charge in [0.15, 0.2) is 0 Å². The lowest BCUT2D eigenvalue weighted by molar-refractivity contribution is -0.139. The van der Waals surface area contributed by atoms with Gasteiger partial charge in [-0.15, -0.1) is 0 Å². The van der Waals surface area contributed by atoms with Gasteiger partial charge in [0.05, 0.1) is 13.2 Å². The molecule has 12 heavy (non-hydrogen) atoms. The molecule has 0 saturated carbocycles. The van der Waals surface area contributed by atoms with Gasteiger partial charge < -0.3 is 10.2 Å². The van der Waals surface area contributed by atoms with Crippen LogP contribution in [-0.4, -0.2) is 46.8 Å². The van der Waals surface area contributed by atoms with Gasteiger partial charge in [-0.2, -0.15) is 0 Å². The molecule has 0 aliphatic carbocycles. The van der Waals surface area contributed by atoms with Crippen LogP contribution in [-0.2, 0) is 4.79 Å². The fourth-order valence-corrected chi connectivity index (χ4v) is 1.02. The molecule has 1 unspecified atom stereocenters. The molecular formula is C8H17NO3. The molecule has 2 N–H and O–H groups in total. The summed E-state index contributed by atoms with van der Waals surface area (Å²) in [5.74, 6) is -0.844. The number of carbonyl (C=O) groups is 1. The van der Waals surface area contributed by atoms with Gasteiger partial charge in [0.25, 0.3) is 0 Å². The van der Waals surface area contributed by atoms with Gasteiger partial charge in [-0.1, -0.05) is 6.92 Å². The number of aliphatic carboxylic acids is 1. The number of aliphatic hydroxyl groups is 1. The van der Waals surface area contributed by atoms with Crippen molar-refractivity contribution in [3.63, 3.8) is 0 Å². The maximum Gasteiger partial charge on any atom is 0.317 e. The number of aliphatic hydroxyl groups excluding tert-OH is 1. The highest BCUT2D eigenvalue weighted by Crippen LogP contribution is 2.01. The Balaban J connectivity index is 3.93. The van der Waals surface area contributed by atoms with Crippen molar-refractivity contribution in [1.82, 2.24) is 4.90 Å². The zero-order valence-electron chi connectivity index (χ0n) is 7.66. The standard InChI is InChI=1S/C8H17NO3/c1-3-7(2)9(4-5-10)6-8(11)12/h7,10H,3-6H2,1-2H3,(H,11,12). The summed E-state index contributed by atoms with van der Waals surface area (Å²) in [6.07, 6.45) is 0.896. The SMILES string of the molecule is CCC(C)N(CCO)CC(=O)O. The molecule has 0 spiro atoms. The number of carboxylic acid groups (broad SMARTS) is 1. The van der Waals surface area contributed by atoms with E-state index in [-0.39, 0.29) is 19.2 Å². The van der Waals surface area contributed by atoms with Crippen LogP contribution in [0.25, 0.3) is 0 Å². The molecule has 0 fully saturated rings. The molecule has 1 atom stereocenters. The minimum absolute atomic E-state index is 0.00949. The fraction of sp³-hybridized carbons (Fsp3) is 0.875. The van der Waals surface area contributed by atoms with Crippen LogP contribution < -0.4 is 0 Å². The highest BCUT2D eigenvalue weighted by molar-refractivity contribution is 5.69. The van der Waals surface area contributed by atoms with Crippen molar-refractivity contribution in [3.05, 3.63) is 0 Å². The van der Waals surface area contributed by atoms with Gasteiger partial charge in [-0.3, -0.25) is 9.69 Å². The normalized spacial score (nSPS) is 13.3. The first kappa shape index (κ1) is 11.4. The minimum Gasteiger partial charge on any atom is -0.480 e. The molecule has 0 bridgehead atoms. The van der Waals surface area contributed by atoms with Crippen molar-refractivity contribution in [3.8, 4) is 0 Å². The van der Waals surface area contributed by atoms with Crippen molar-refractivity contribution >= 4 is 5.97 Å². The number of rotatable bonds is 6. The molecule has 0 aliphatic rings. The van der Waals surface area contributed by atoms with Gasteiger partial charge in [0.1, 0.15) is 0 Å². The molecular weight excluding hydrogens is 158 g/mol. The Morgan fingerprint density at radius 1 is 1.58 bits per heavy atom. The first-order chi connectivity index (χ1) is 5.61. The van der Waals surface area contributed by atoms with E-state index in [9.17, 15) is 4.79 Å². The van der Waals surface area contributed by atoms with Gasteiger partial charge in [0, 0.05) is 12.6 Å². The van der Waals surface area contributed by atoms with Crippen LogP contribution in [0.1, 0.15) is 20.3 Å². The molecule has 4 heteroatoms. The maximum atomic E-state index is 10.4. The quantitative estimate of drug-likeness (QED) is 0.604. The Morgan fingerprint density at radius 3 is 2.50 bits per heavy atom. The molecule has 4 nitrogen and oxygen atoms in total. The van der Waals surface area contributed by atoms with Crippen LogP contribution in [0.3, 0.4) is 0 Å². The molecule has 0 aromatic carbocycles. The summed E-state index contributed by atoms with van der Waals surface area (Å²) in [5.41, 5.74) is 0. The van der Waals surface area contributed by atoms with E-state index in [1.807, 2.05) is 13.8 Å². The summed E-state index contributed by atoms with van der Waals surface area (Å²) in [6, 6.07) is 0.216. The molecule has 0 aromatic heterocycles. The summed E-state index contributed by atoms with van der Waals surface area (Å²) in [5, 5.41) is 17.2. The number of hydrogen-bond donors (Lipinski definition) is 2. The van der Waals surface area contributed by atoms with E-state index in [1.54, 1.807) is 4.90 Å². The highest BCUT2D eigenvalue weighted by Gasteiger charge is 2.13. The molecule has 0 saturated heterocycles. The van der Waals surface area contributed by atoms with Crippen molar-refractivity contribution < 1.29 is 15.0 Å². The molecule has 0 heterocycles. The van der Waals surface area contributed by atoms with Crippen molar-refractivity contribution in [2.45, 2.75) is 26.3 Å². The first-order valence-electron chi connectivity index (χ1n) is 4.18. The second-order valence-corrected chi connectivity index (χ2v) is 2.85. The van der Waals surface area contributed by atoms with Crippen LogP contribution in [0.4, 0.5) is 0 Å². The lowest BCUT2D eigenvalue weighted by Crippen LogP contribution is -2.38. The van der Waals surface area contributed by atoms with E-state index >= 15 is 0 Å². The fourth-order valence-electron chi connectivity index (χ4n) is 1.02. The molecule has 0 rings (SSSR count). The molecule has 0 amide bonds. The lowest BCUT2D eigenvalue weighted by atomic mass is 10.2. The number of carboxylic acids is 1. The lowest BCUT2D eigenvalue weighted by Gasteiger charge is -2.25. The maximum absolute atomic E-state index is 10.4. The minimum atomic E-state index is -0.844. The Hall–Kier alpha value is -0.610. The van der Waals surface area contributed by atoms with Gasteiger partial charge in [0.2, 0.25) is 0 Å². The van der Waals surface area contributed by atoms with Gasteiger partial charge >= 0.3 is 5.97 Å². The Kier molecular flexibility index (Phi) is 5.66. The predicted octanol–water partition coefficient (Wildman–Crippen LogP) is 0.164. The smallest absolute Gasteiger partial charge is 0.317 e. The van der Waals surface area contributed by atoms with Crippen molar-refractivity contribution in [2.75, 3.05) is 19.7 Å². The molecule has 0 aliphatic heterocycles. The van der Waals surface area contributed by atoms with E-state index in [2.05, 4.69) is 0 Å². The number of hydrogen-bond acceptors (Lipinski definition) is 3. The van der Waals surface area contributed by atoms with Gasteiger partial charge in [-0.05, 0) is 13.3 Å². The van der Waals surface area contributed by atoms with Crippen LogP contribution in [0.15, 0.2) is 0 Å². The Labute approximate surface area is 72.8 Å². The topological polar surface area (TPSA) is 60.8 Å². The second kappa shape index (κ2) is 5.97. The van der Waals surface area contributed by atoms with Crippen molar-refractivity contribution in [2.24, 2.45) is 0 Å². The third kappa shape index (κ3) is 4.31. The average Bonchev–Trinajstić information content (AvgIpc) is 2.01. The predicted molar refractivity (Wildman–Crippen MR) is 46.0 cm³/mol. The van der Waals surface area contributed by atoms with E-state index in [0.717, 1.165) is 6.42 Å². The third-order valence-electron chi connectivity index (χ3n) is 1.94. The van der Waals surface area contributed by atoms with Crippen LogP contribution >= 0.6 is 0 Å². The highest BCUT2D eigenvalue weighted by atomic mass is 16.4. The summed E-state index contributed by atoms with van der Waals surface area (Å²) < 4.78 is 0. The Morgan fingerprint density at radius 2 is 2.17 bits per heavy atom. The van der Waals surface area contributed by atoms with Crippen LogP contribution in [0.5, 0.6) is 0 Å². The summed E-state index contributed by atoms with van der Waals surface area (Å²) in [6.45, 7) is 4.41. The zero-order valence-corrected chi connectivity index (χ0v) is 7.66. The molecule has 0 radical (unpaired) electrons. The largest absolute Gasteiger partial charge is 0.480 e. The molecule has 0 aromatic rings. The van der Waals surface area contributed by atoms with Crippen LogP contribution in [0.2, 0.25) is 0 Å². The summed E-state index contributed by atoms with van der Waals surface area (Å²) in [4.78, 5) is 12.1. The summed E-state index contributed by atoms with van der Waals surface area (Å²) in [7, 11) is 0. The summed E-state index contributed by atoms with van der Waals surface area (Å²) >= 11 is 0. The zero-order chi connectivity index (χ0) is 9.56. The van der Waals surface area contributed by atoms with Crippen molar-refractivity contribution in [1.29, 1.82) is 0 Å². The monoisotopic (exact) mass is 175 g/mol. The van der Waals surface area contributed by atoms with Gasteiger partial charge in [-0.25, -0.2) is 0 Å². The third-order valence-corrected chi connectivity index (χ3v) is 1.94. The molecule has 72 valence electrons. The van der Waals surface area contributed by atoms with E-state index < -0.39 is 5.97 Å². The average molecular weight is 175 g/mol. The second-order valence-electron chi connectivity index (χ2n) is 2.85. The first-order valence-corrected chi connectivity index (χ1v) is 4.18. The number of nitrogens with zero attached hydrogens (tertiary/aromatic N) is 1.